The molecule has 0 aliphatic carbocycles. The first-order chi connectivity index (χ1) is 9.86. The molecule has 0 spiro atoms. The molecule has 6 nitrogen and oxygen atoms in total. The number of thioether (sulfide) groups is 1. The van der Waals surface area contributed by atoms with Gasteiger partial charge in [0.05, 0.1) is 17.9 Å². The third-order valence-corrected chi connectivity index (χ3v) is 4.07. The molecule has 0 aliphatic rings. The van der Waals surface area contributed by atoms with E-state index in [1.807, 2.05) is 31.4 Å². The maximum atomic E-state index is 10.8. The minimum atomic E-state index is -0.868. The van der Waals surface area contributed by atoms with Gasteiger partial charge in [-0.05, 0) is 32.4 Å². The van der Waals surface area contributed by atoms with E-state index in [1.165, 1.54) is 11.8 Å². The van der Waals surface area contributed by atoms with Crippen LogP contribution in [0.2, 0.25) is 0 Å². The lowest BCUT2D eigenvalue weighted by atomic mass is 10.1. The number of rotatable bonds is 6. The lowest BCUT2D eigenvalue weighted by Crippen LogP contribution is -2.32. The minimum absolute atomic E-state index is 0.0363. The van der Waals surface area contributed by atoms with E-state index in [4.69, 9.17) is 9.84 Å². The number of hydrogen-bond donors (Lipinski definition) is 1. The van der Waals surface area contributed by atoms with Crippen molar-refractivity contribution in [3.05, 3.63) is 17.8 Å². The molecule has 2 rings (SSSR count). The summed E-state index contributed by atoms with van der Waals surface area (Å²) in [5, 5.41) is 9.55. The predicted molar refractivity (Wildman–Crippen MR) is 81.8 cm³/mol. The van der Waals surface area contributed by atoms with Gasteiger partial charge >= 0.3 is 5.97 Å². The first-order valence-electron chi connectivity index (χ1n) is 6.55. The molecule has 0 saturated heterocycles. The largest absolute Gasteiger partial charge is 0.481 e. The highest BCUT2D eigenvalue weighted by molar-refractivity contribution is 7.99. The number of carboxylic acid groups (broad SMARTS) is 1. The second kappa shape index (κ2) is 6.03. The number of methoxy groups -OCH3 is 1. The number of nitrogens with zero attached hydrogens (tertiary/aromatic N) is 3. The van der Waals surface area contributed by atoms with Gasteiger partial charge in [0, 0.05) is 13.3 Å². The summed E-state index contributed by atoms with van der Waals surface area (Å²) in [4.78, 5) is 19.8. The van der Waals surface area contributed by atoms with Gasteiger partial charge in [-0.3, -0.25) is 9.36 Å². The first kappa shape index (κ1) is 15.8. The van der Waals surface area contributed by atoms with E-state index in [0.717, 1.165) is 16.7 Å². The van der Waals surface area contributed by atoms with Crippen molar-refractivity contribution in [3.63, 3.8) is 0 Å². The van der Waals surface area contributed by atoms with E-state index in [9.17, 15) is 4.79 Å². The number of pyridine rings is 1. The van der Waals surface area contributed by atoms with Crippen molar-refractivity contribution in [1.82, 2.24) is 14.5 Å². The molecule has 2 aromatic rings. The van der Waals surface area contributed by atoms with Crippen LogP contribution in [0, 0.1) is 6.92 Å². The Morgan fingerprint density at radius 2 is 2.24 bits per heavy atom. The molecule has 0 bridgehead atoms. The van der Waals surface area contributed by atoms with E-state index >= 15 is 0 Å². The van der Waals surface area contributed by atoms with E-state index in [2.05, 4.69) is 9.97 Å². The molecule has 0 amide bonds. The van der Waals surface area contributed by atoms with Crippen molar-refractivity contribution in [2.24, 2.45) is 0 Å². The van der Waals surface area contributed by atoms with Crippen molar-refractivity contribution in [1.29, 1.82) is 0 Å². The maximum Gasteiger partial charge on any atom is 0.313 e. The van der Waals surface area contributed by atoms with Crippen LogP contribution in [0.5, 0.6) is 0 Å². The number of aryl methyl sites for hydroxylation is 1. The third kappa shape index (κ3) is 3.19. The Morgan fingerprint density at radius 3 is 2.86 bits per heavy atom. The highest BCUT2D eigenvalue weighted by atomic mass is 32.2. The van der Waals surface area contributed by atoms with Gasteiger partial charge in [-0.2, -0.15) is 0 Å². The molecule has 7 heteroatoms. The Morgan fingerprint density at radius 1 is 1.52 bits per heavy atom. The molecule has 0 saturated carbocycles. The summed E-state index contributed by atoms with van der Waals surface area (Å²) < 4.78 is 7.25. The van der Waals surface area contributed by atoms with Crippen LogP contribution < -0.4 is 0 Å². The summed E-state index contributed by atoms with van der Waals surface area (Å²) in [6, 6.07) is 1.90. The van der Waals surface area contributed by atoms with Gasteiger partial charge in [0.15, 0.2) is 10.8 Å². The van der Waals surface area contributed by atoms with Crippen molar-refractivity contribution in [2.75, 3.05) is 19.5 Å². The topological polar surface area (TPSA) is 77.2 Å². The Bertz CT molecular complexity index is 667. The number of aliphatic carboxylic acids is 1. The number of hydrogen-bond acceptors (Lipinski definition) is 5. The molecule has 0 atom stereocenters. The van der Waals surface area contributed by atoms with Gasteiger partial charge in [-0.1, -0.05) is 11.8 Å². The van der Waals surface area contributed by atoms with Crippen LogP contribution in [-0.2, 0) is 15.1 Å². The number of imidazole rings is 1. The molecular formula is C14H19N3O3S. The number of fused-ring (bicyclic) bond motifs is 1. The lowest BCUT2D eigenvalue weighted by molar-refractivity contribution is -0.133. The standard InChI is InChI=1S/C14H19N3O3S/c1-9-5-6-15-12-11(9)16-13(21-7-10(18)19)17(12)14(2,3)8-20-4/h5-6H,7-8H2,1-4H3,(H,18,19). The molecule has 0 radical (unpaired) electrons. The van der Waals surface area contributed by atoms with Gasteiger partial charge in [0.25, 0.3) is 0 Å². The number of carboxylic acids is 1. The molecule has 0 unspecified atom stereocenters. The highest BCUT2D eigenvalue weighted by Gasteiger charge is 2.28. The monoisotopic (exact) mass is 309 g/mol. The van der Waals surface area contributed by atoms with Gasteiger partial charge in [-0.15, -0.1) is 0 Å². The minimum Gasteiger partial charge on any atom is -0.481 e. The highest BCUT2D eigenvalue weighted by Crippen LogP contribution is 2.31. The Balaban J connectivity index is 2.60. The van der Waals surface area contributed by atoms with Crippen molar-refractivity contribution >= 4 is 28.9 Å². The molecule has 0 aliphatic heterocycles. The smallest absolute Gasteiger partial charge is 0.313 e. The average molecular weight is 309 g/mol. The van der Waals surface area contributed by atoms with E-state index in [0.29, 0.717) is 11.8 Å². The van der Waals surface area contributed by atoms with Crippen molar-refractivity contribution < 1.29 is 14.6 Å². The average Bonchev–Trinajstić information content (AvgIpc) is 2.77. The first-order valence-corrected chi connectivity index (χ1v) is 7.53. The molecule has 1 N–H and O–H groups in total. The van der Waals surface area contributed by atoms with Crippen molar-refractivity contribution in [2.45, 2.75) is 31.5 Å². The summed E-state index contributed by atoms with van der Waals surface area (Å²) in [5.41, 5.74) is 2.20. The van der Waals surface area contributed by atoms with E-state index in [-0.39, 0.29) is 11.3 Å². The van der Waals surface area contributed by atoms with Crippen molar-refractivity contribution in [3.8, 4) is 0 Å². The van der Waals surface area contributed by atoms with Gasteiger partial charge in [0.2, 0.25) is 0 Å². The summed E-state index contributed by atoms with van der Waals surface area (Å²) in [6.07, 6.45) is 1.74. The Hall–Kier alpha value is -1.60. The predicted octanol–water partition coefficient (Wildman–Crippen LogP) is 2.30. The fourth-order valence-corrected chi connectivity index (χ4v) is 3.13. The molecule has 2 heterocycles. The number of aromatic nitrogens is 3. The van der Waals surface area contributed by atoms with Crippen LogP contribution in [0.15, 0.2) is 17.4 Å². The molecule has 0 fully saturated rings. The quantitative estimate of drug-likeness (QED) is 0.825. The lowest BCUT2D eigenvalue weighted by Gasteiger charge is -2.27. The van der Waals surface area contributed by atoms with Crippen LogP contribution in [-0.4, -0.2) is 45.1 Å². The van der Waals surface area contributed by atoms with Crippen LogP contribution in [0.25, 0.3) is 11.2 Å². The zero-order valence-corrected chi connectivity index (χ0v) is 13.4. The second-order valence-electron chi connectivity index (χ2n) is 5.46. The third-order valence-electron chi connectivity index (χ3n) is 3.14. The molecule has 0 aromatic carbocycles. The van der Waals surface area contributed by atoms with Crippen LogP contribution in [0.4, 0.5) is 0 Å². The zero-order valence-electron chi connectivity index (χ0n) is 12.6. The van der Waals surface area contributed by atoms with Gasteiger partial charge in [-0.25, -0.2) is 9.97 Å². The van der Waals surface area contributed by atoms with Gasteiger partial charge in [0.1, 0.15) is 5.52 Å². The van der Waals surface area contributed by atoms with Crippen LogP contribution >= 0.6 is 11.8 Å². The fraction of sp³-hybridized carbons (Fsp3) is 0.500. The molecule has 21 heavy (non-hydrogen) atoms. The van der Waals surface area contributed by atoms with Gasteiger partial charge < -0.3 is 9.84 Å². The SMILES string of the molecule is COCC(C)(C)n1c(SCC(=O)O)nc2c(C)ccnc21. The number of carbonyl (C=O) groups is 1. The number of ether oxygens (including phenoxy) is 1. The van der Waals surface area contributed by atoms with E-state index < -0.39 is 5.97 Å². The normalized spacial score (nSPS) is 12.0. The maximum absolute atomic E-state index is 10.8. The van der Waals surface area contributed by atoms with Crippen LogP contribution in [0.3, 0.4) is 0 Å². The zero-order chi connectivity index (χ0) is 15.6. The Kier molecular flexibility index (Phi) is 4.53. The van der Waals surface area contributed by atoms with E-state index in [1.54, 1.807) is 13.3 Å². The van der Waals surface area contributed by atoms with Crippen LogP contribution in [0.1, 0.15) is 19.4 Å². The molecule has 2 aromatic heterocycles. The fourth-order valence-electron chi connectivity index (χ4n) is 2.26. The molecular weight excluding hydrogens is 290 g/mol. The Labute approximate surface area is 127 Å². The summed E-state index contributed by atoms with van der Waals surface area (Å²) >= 11 is 1.20. The molecule has 114 valence electrons. The summed E-state index contributed by atoms with van der Waals surface area (Å²) in [7, 11) is 1.64. The summed E-state index contributed by atoms with van der Waals surface area (Å²) in [5.74, 6) is -0.904. The second-order valence-corrected chi connectivity index (χ2v) is 6.40. The summed E-state index contributed by atoms with van der Waals surface area (Å²) in [6.45, 7) is 6.49.